The molecule has 0 aromatic carbocycles. The van der Waals surface area contributed by atoms with Crippen LogP contribution in [0.3, 0.4) is 0 Å². The van der Waals surface area contributed by atoms with E-state index in [4.69, 9.17) is 4.74 Å². The monoisotopic (exact) mass is 279 g/mol. The maximum Gasteiger partial charge on any atom is 0.573 e. The van der Waals surface area contributed by atoms with E-state index in [1.165, 1.54) is 13.8 Å². The van der Waals surface area contributed by atoms with Gasteiger partial charge in [0.1, 0.15) is 5.56 Å². The number of rotatable bonds is 4. The summed E-state index contributed by atoms with van der Waals surface area (Å²) < 4.78 is 50.3. The average molecular weight is 279 g/mol. The number of pyridine rings is 1. The molecule has 106 valence electrons. The number of carbonyl (C=O) groups excluding carboxylic acids is 1. The van der Waals surface area contributed by atoms with Gasteiger partial charge >= 0.3 is 12.3 Å². The smallest absolute Gasteiger partial charge is 0.491 e. The summed E-state index contributed by atoms with van der Waals surface area (Å²) in [7, 11) is 1.14. The van der Waals surface area contributed by atoms with Crippen LogP contribution >= 0.6 is 0 Å². The molecule has 19 heavy (non-hydrogen) atoms. The van der Waals surface area contributed by atoms with Crippen LogP contribution in [0.25, 0.3) is 0 Å². The predicted octanol–water partition coefficient (Wildman–Crippen LogP) is 2.47. The molecule has 0 bridgehead atoms. The maximum atomic E-state index is 12.4. The van der Waals surface area contributed by atoms with Crippen molar-refractivity contribution in [1.29, 1.82) is 0 Å². The third-order valence-electron chi connectivity index (χ3n) is 2.11. The van der Waals surface area contributed by atoms with Gasteiger partial charge in [0, 0.05) is 0 Å². The van der Waals surface area contributed by atoms with E-state index in [1.54, 1.807) is 0 Å². The number of esters is 1. The van der Waals surface area contributed by atoms with Gasteiger partial charge in [0.25, 0.3) is 0 Å². The zero-order valence-electron chi connectivity index (χ0n) is 10.5. The number of aryl methyl sites for hydroxylation is 1. The molecule has 0 spiro atoms. The molecule has 0 radical (unpaired) electrons. The molecule has 1 rings (SSSR count). The zero-order valence-corrected chi connectivity index (χ0v) is 10.5. The van der Waals surface area contributed by atoms with Crippen molar-refractivity contribution in [3.8, 4) is 11.5 Å². The lowest BCUT2D eigenvalue weighted by molar-refractivity contribution is -0.275. The highest BCUT2D eigenvalue weighted by atomic mass is 19.4. The Morgan fingerprint density at radius 3 is 2.53 bits per heavy atom. The molecule has 0 aliphatic rings. The Bertz CT molecular complexity index is 474. The van der Waals surface area contributed by atoms with Crippen molar-refractivity contribution < 1.29 is 32.2 Å². The van der Waals surface area contributed by atoms with E-state index in [2.05, 4.69) is 14.5 Å². The second kappa shape index (κ2) is 5.77. The van der Waals surface area contributed by atoms with E-state index < -0.39 is 23.6 Å². The molecule has 0 saturated carbocycles. The van der Waals surface area contributed by atoms with E-state index in [-0.39, 0.29) is 18.1 Å². The first-order valence-electron chi connectivity index (χ1n) is 5.26. The van der Waals surface area contributed by atoms with Gasteiger partial charge in [-0.15, -0.1) is 13.2 Å². The lowest BCUT2D eigenvalue weighted by Crippen LogP contribution is -2.21. The highest BCUT2D eigenvalue weighted by Gasteiger charge is 2.36. The number of methoxy groups -OCH3 is 1. The molecule has 5 nitrogen and oxygen atoms in total. The Morgan fingerprint density at radius 1 is 1.42 bits per heavy atom. The Balaban J connectivity index is 3.36. The molecule has 0 aliphatic carbocycles. The largest absolute Gasteiger partial charge is 0.573 e. The van der Waals surface area contributed by atoms with Crippen LogP contribution in [0.2, 0.25) is 0 Å². The highest BCUT2D eigenvalue weighted by Crippen LogP contribution is 2.36. The summed E-state index contributed by atoms with van der Waals surface area (Å²) in [6.07, 6.45) is -3.92. The van der Waals surface area contributed by atoms with Crippen LogP contribution in [0.5, 0.6) is 11.5 Å². The summed E-state index contributed by atoms with van der Waals surface area (Å²) in [6.45, 7) is 2.92. The minimum Gasteiger partial charge on any atom is -0.491 e. The Morgan fingerprint density at radius 2 is 2.05 bits per heavy atom. The SMILES string of the molecule is CCOC(=O)c1c(C)ncc(OC)c1OC(F)(F)F. The van der Waals surface area contributed by atoms with Crippen LogP contribution in [0, 0.1) is 6.92 Å². The standard InChI is InChI=1S/C11H12F3NO4/c1-4-18-10(16)8-6(2)15-5-7(17-3)9(8)19-11(12,13)14/h5H,4H2,1-3H3. The Hall–Kier alpha value is -1.99. The van der Waals surface area contributed by atoms with Crippen LogP contribution in [0.1, 0.15) is 23.0 Å². The summed E-state index contributed by atoms with van der Waals surface area (Å²) >= 11 is 0. The van der Waals surface area contributed by atoms with E-state index in [0.717, 1.165) is 13.3 Å². The minimum atomic E-state index is -4.96. The fraction of sp³-hybridized carbons (Fsp3) is 0.455. The number of carbonyl (C=O) groups is 1. The number of nitrogens with zero attached hydrogens (tertiary/aromatic N) is 1. The first kappa shape index (κ1) is 15.1. The topological polar surface area (TPSA) is 57.7 Å². The molecule has 0 amide bonds. The second-order valence-electron chi connectivity index (χ2n) is 3.38. The van der Waals surface area contributed by atoms with Crippen molar-refractivity contribution in [2.75, 3.05) is 13.7 Å². The summed E-state index contributed by atoms with van der Waals surface area (Å²) in [5.41, 5.74) is -0.350. The van der Waals surface area contributed by atoms with Gasteiger partial charge in [0.15, 0.2) is 11.5 Å². The average Bonchev–Trinajstić information content (AvgIpc) is 2.27. The number of ether oxygens (including phenoxy) is 3. The zero-order chi connectivity index (χ0) is 14.6. The van der Waals surface area contributed by atoms with Gasteiger partial charge in [-0.2, -0.15) is 0 Å². The van der Waals surface area contributed by atoms with Gasteiger partial charge in [-0.25, -0.2) is 4.79 Å². The fourth-order valence-corrected chi connectivity index (χ4v) is 1.37. The van der Waals surface area contributed by atoms with Crippen molar-refractivity contribution in [2.45, 2.75) is 20.2 Å². The summed E-state index contributed by atoms with van der Waals surface area (Å²) in [6, 6.07) is 0. The Labute approximate surface area is 107 Å². The number of alkyl halides is 3. The maximum absolute atomic E-state index is 12.4. The molecule has 1 heterocycles. The second-order valence-corrected chi connectivity index (χ2v) is 3.38. The number of hydrogen-bond donors (Lipinski definition) is 0. The quantitative estimate of drug-likeness (QED) is 0.792. The van der Waals surface area contributed by atoms with Crippen molar-refractivity contribution in [3.05, 3.63) is 17.5 Å². The van der Waals surface area contributed by atoms with Gasteiger partial charge in [0.05, 0.1) is 25.6 Å². The van der Waals surface area contributed by atoms with Gasteiger partial charge in [0.2, 0.25) is 0 Å². The fourth-order valence-electron chi connectivity index (χ4n) is 1.37. The van der Waals surface area contributed by atoms with Crippen molar-refractivity contribution in [2.24, 2.45) is 0 Å². The van der Waals surface area contributed by atoms with Gasteiger partial charge in [-0.1, -0.05) is 0 Å². The van der Waals surface area contributed by atoms with Gasteiger partial charge < -0.3 is 14.2 Å². The number of hydrogen-bond acceptors (Lipinski definition) is 5. The molecule has 0 aliphatic heterocycles. The van der Waals surface area contributed by atoms with Crippen LogP contribution in [0.4, 0.5) is 13.2 Å². The minimum absolute atomic E-state index is 0.0148. The molecule has 8 heteroatoms. The first-order chi connectivity index (χ1) is 8.80. The molecule has 0 atom stereocenters. The van der Waals surface area contributed by atoms with E-state index in [1.807, 2.05) is 0 Å². The number of aromatic nitrogens is 1. The third-order valence-corrected chi connectivity index (χ3v) is 2.11. The summed E-state index contributed by atoms with van der Waals surface area (Å²) in [5, 5.41) is 0. The molecule has 0 fully saturated rings. The van der Waals surface area contributed by atoms with E-state index in [0.29, 0.717) is 0 Å². The van der Waals surface area contributed by atoms with Crippen LogP contribution < -0.4 is 9.47 Å². The molecule has 0 N–H and O–H groups in total. The lowest BCUT2D eigenvalue weighted by Gasteiger charge is -2.16. The summed E-state index contributed by atoms with van der Waals surface area (Å²) in [5.74, 6) is -2.00. The highest BCUT2D eigenvalue weighted by molar-refractivity contribution is 5.94. The van der Waals surface area contributed by atoms with Crippen molar-refractivity contribution >= 4 is 5.97 Å². The third kappa shape index (κ3) is 3.73. The molecule has 0 unspecified atom stereocenters. The molecular formula is C11H12F3NO4. The van der Waals surface area contributed by atoms with Gasteiger partial charge in [-0.05, 0) is 13.8 Å². The molecular weight excluding hydrogens is 267 g/mol. The van der Waals surface area contributed by atoms with E-state index in [9.17, 15) is 18.0 Å². The summed E-state index contributed by atoms with van der Waals surface area (Å²) in [4.78, 5) is 15.4. The van der Waals surface area contributed by atoms with Crippen LogP contribution in [-0.4, -0.2) is 31.0 Å². The first-order valence-corrected chi connectivity index (χ1v) is 5.26. The predicted molar refractivity (Wildman–Crippen MR) is 58.2 cm³/mol. The molecule has 1 aromatic rings. The lowest BCUT2D eigenvalue weighted by atomic mass is 10.2. The van der Waals surface area contributed by atoms with E-state index >= 15 is 0 Å². The van der Waals surface area contributed by atoms with Crippen LogP contribution in [0.15, 0.2) is 6.20 Å². The Kier molecular flexibility index (Phi) is 4.57. The molecule has 1 aromatic heterocycles. The van der Waals surface area contributed by atoms with Crippen LogP contribution in [-0.2, 0) is 4.74 Å². The number of halogens is 3. The van der Waals surface area contributed by atoms with Crippen molar-refractivity contribution in [1.82, 2.24) is 4.98 Å². The van der Waals surface area contributed by atoms with Crippen molar-refractivity contribution in [3.63, 3.8) is 0 Å². The van der Waals surface area contributed by atoms with Gasteiger partial charge in [-0.3, -0.25) is 4.98 Å². The molecule has 0 saturated heterocycles. The normalized spacial score (nSPS) is 11.1.